The minimum Gasteiger partial charge on any atom is -0.389 e. The van der Waals surface area contributed by atoms with Gasteiger partial charge in [0.2, 0.25) is 0 Å². The Balaban J connectivity index is 0.000000267. The third-order valence-corrected chi connectivity index (χ3v) is 5.45. The Morgan fingerprint density at radius 2 is 0.857 bits per heavy atom. The highest BCUT2D eigenvalue weighted by molar-refractivity contribution is 7.86. The largest absolute Gasteiger partial charge is 0.389 e. The van der Waals surface area contributed by atoms with Crippen molar-refractivity contribution in [3.63, 3.8) is 0 Å². The summed E-state index contributed by atoms with van der Waals surface area (Å²) in [5, 5.41) is 9.00. The summed E-state index contributed by atoms with van der Waals surface area (Å²) in [6.07, 6.45) is 10.5. The molecule has 0 aromatic carbocycles. The van der Waals surface area contributed by atoms with Crippen molar-refractivity contribution in [2.24, 2.45) is 0 Å². The van der Waals surface area contributed by atoms with E-state index in [4.69, 9.17) is 13.5 Å². The van der Waals surface area contributed by atoms with Crippen molar-refractivity contribution < 1.29 is 30.3 Å². The maximum atomic E-state index is 10.8. The maximum Gasteiger partial charge on any atom is 0.264 e. The first-order valence-electron chi connectivity index (χ1n) is 10.4. The second-order valence-corrected chi connectivity index (χ2v) is 10.6. The van der Waals surface area contributed by atoms with Crippen molar-refractivity contribution in [1.29, 1.82) is 0 Å². The molecule has 3 aromatic heterocycles. The third kappa shape index (κ3) is 14.3. The van der Waals surface area contributed by atoms with Crippen molar-refractivity contribution in [2.75, 3.05) is 12.5 Å². The lowest BCUT2D eigenvalue weighted by Crippen LogP contribution is -2.07. The van der Waals surface area contributed by atoms with Gasteiger partial charge in [0.15, 0.2) is 0 Å². The van der Waals surface area contributed by atoms with Gasteiger partial charge in [-0.2, -0.15) is 16.8 Å². The highest BCUT2D eigenvalue weighted by Gasteiger charge is 2.12. The highest BCUT2D eigenvalue weighted by atomic mass is 32.2. The normalized spacial score (nSPS) is 13.8. The van der Waals surface area contributed by atoms with Crippen LogP contribution in [0.5, 0.6) is 0 Å². The molecule has 0 aliphatic rings. The number of nitrogens with zero attached hydrogens (tertiary/aromatic N) is 3. The molecule has 35 heavy (non-hydrogen) atoms. The SMILES string of the molecule is C[C@@H](OS(C)(=O)=O)c1ccncc1.C[C@H](O)c1ccncc1.C[C@H](OS(C)(=O)=O)c1ccncc1. The van der Waals surface area contributed by atoms with Crippen LogP contribution in [0, 0.1) is 0 Å². The van der Waals surface area contributed by atoms with Crippen molar-refractivity contribution in [3.8, 4) is 0 Å². The first-order chi connectivity index (χ1) is 16.3. The molecule has 0 aliphatic heterocycles. The minimum absolute atomic E-state index is 0.381. The highest BCUT2D eigenvalue weighted by Crippen LogP contribution is 2.17. The van der Waals surface area contributed by atoms with E-state index in [-0.39, 0.29) is 6.10 Å². The van der Waals surface area contributed by atoms with Crippen LogP contribution in [-0.4, -0.2) is 49.4 Å². The van der Waals surface area contributed by atoms with Gasteiger partial charge >= 0.3 is 0 Å². The summed E-state index contributed by atoms with van der Waals surface area (Å²) in [5.41, 5.74) is 2.49. The molecule has 3 atom stereocenters. The number of aliphatic hydroxyl groups excluding tert-OH is 1. The summed E-state index contributed by atoms with van der Waals surface area (Å²) in [6.45, 7) is 5.09. The second kappa shape index (κ2) is 14.6. The molecular weight excluding hydrogens is 494 g/mol. The topological polar surface area (TPSA) is 146 Å². The first-order valence-corrected chi connectivity index (χ1v) is 14.1. The summed E-state index contributed by atoms with van der Waals surface area (Å²) >= 11 is 0. The predicted octanol–water partition coefficient (Wildman–Crippen LogP) is 3.37. The van der Waals surface area contributed by atoms with Crippen LogP contribution >= 0.6 is 0 Å². The van der Waals surface area contributed by atoms with Crippen molar-refractivity contribution in [1.82, 2.24) is 15.0 Å². The van der Waals surface area contributed by atoms with Gasteiger partial charge in [0.05, 0.1) is 30.8 Å². The summed E-state index contributed by atoms with van der Waals surface area (Å²) < 4.78 is 52.6. The molecule has 0 saturated carbocycles. The van der Waals surface area contributed by atoms with Gasteiger partial charge in [-0.3, -0.25) is 23.3 Å². The second-order valence-electron chi connectivity index (χ2n) is 7.40. The van der Waals surface area contributed by atoms with E-state index < -0.39 is 32.4 Å². The molecule has 192 valence electrons. The van der Waals surface area contributed by atoms with Crippen LogP contribution in [0.25, 0.3) is 0 Å². The van der Waals surface area contributed by atoms with E-state index in [9.17, 15) is 16.8 Å². The van der Waals surface area contributed by atoms with E-state index in [0.29, 0.717) is 0 Å². The fourth-order valence-electron chi connectivity index (χ4n) is 2.55. The number of hydrogen-bond donors (Lipinski definition) is 1. The molecule has 0 amide bonds. The maximum absolute atomic E-state index is 10.8. The Morgan fingerprint density at radius 3 is 1.06 bits per heavy atom. The number of hydrogen-bond acceptors (Lipinski definition) is 10. The molecule has 0 spiro atoms. The molecular formula is C23H31N3O7S2. The molecule has 0 unspecified atom stereocenters. The van der Waals surface area contributed by atoms with Crippen LogP contribution < -0.4 is 0 Å². The van der Waals surface area contributed by atoms with Crippen LogP contribution in [0.15, 0.2) is 73.6 Å². The summed E-state index contributed by atoms with van der Waals surface area (Å²) in [4.78, 5) is 11.5. The molecule has 0 bridgehead atoms. The monoisotopic (exact) mass is 525 g/mol. The van der Waals surface area contributed by atoms with E-state index >= 15 is 0 Å². The molecule has 0 fully saturated rings. The lowest BCUT2D eigenvalue weighted by molar-refractivity contribution is 0.199. The molecule has 10 nitrogen and oxygen atoms in total. The Kier molecular flexibility index (Phi) is 12.6. The quantitative estimate of drug-likeness (QED) is 0.456. The Hall–Kier alpha value is -2.77. The number of aliphatic hydroxyl groups is 1. The van der Waals surface area contributed by atoms with Crippen LogP contribution in [0.3, 0.4) is 0 Å². The molecule has 0 aliphatic carbocycles. The molecule has 3 rings (SSSR count). The van der Waals surface area contributed by atoms with E-state index in [2.05, 4.69) is 15.0 Å². The number of aromatic nitrogens is 3. The van der Waals surface area contributed by atoms with Gasteiger partial charge in [-0.05, 0) is 73.9 Å². The Labute approximate surface area is 207 Å². The van der Waals surface area contributed by atoms with Crippen LogP contribution in [0.2, 0.25) is 0 Å². The van der Waals surface area contributed by atoms with Crippen molar-refractivity contribution in [2.45, 2.75) is 39.1 Å². The lowest BCUT2D eigenvalue weighted by Gasteiger charge is -2.10. The smallest absolute Gasteiger partial charge is 0.264 e. The molecule has 3 heterocycles. The van der Waals surface area contributed by atoms with Gasteiger partial charge in [-0.25, -0.2) is 0 Å². The van der Waals surface area contributed by atoms with Crippen LogP contribution in [0.1, 0.15) is 55.8 Å². The Bertz CT molecular complexity index is 1120. The van der Waals surface area contributed by atoms with Gasteiger partial charge in [0.25, 0.3) is 20.2 Å². The minimum atomic E-state index is -3.39. The van der Waals surface area contributed by atoms with Crippen LogP contribution in [-0.2, 0) is 28.6 Å². The van der Waals surface area contributed by atoms with Gasteiger partial charge in [0.1, 0.15) is 0 Å². The fourth-order valence-corrected chi connectivity index (χ4v) is 3.82. The van der Waals surface area contributed by atoms with Crippen molar-refractivity contribution in [3.05, 3.63) is 90.3 Å². The van der Waals surface area contributed by atoms with E-state index in [1.54, 1.807) is 94.4 Å². The third-order valence-electron chi connectivity index (χ3n) is 4.18. The average Bonchev–Trinajstić information content (AvgIpc) is 2.79. The van der Waals surface area contributed by atoms with Crippen molar-refractivity contribution >= 4 is 20.2 Å². The summed E-state index contributed by atoms with van der Waals surface area (Å²) in [6, 6.07) is 10.5. The zero-order valence-corrected chi connectivity index (χ0v) is 21.8. The van der Waals surface area contributed by atoms with Gasteiger partial charge in [-0.15, -0.1) is 0 Å². The fraction of sp³-hybridized carbons (Fsp3) is 0.348. The molecule has 12 heteroatoms. The van der Waals surface area contributed by atoms with E-state index in [1.165, 1.54) is 0 Å². The molecule has 0 radical (unpaired) electrons. The number of rotatable bonds is 7. The Morgan fingerprint density at radius 1 is 0.600 bits per heavy atom. The molecule has 0 saturated heterocycles. The molecule has 3 aromatic rings. The van der Waals surface area contributed by atoms with Gasteiger partial charge in [-0.1, -0.05) is 0 Å². The zero-order chi connectivity index (χ0) is 26.5. The summed E-state index contributed by atoms with van der Waals surface area (Å²) in [7, 11) is -6.78. The van der Waals surface area contributed by atoms with Gasteiger partial charge in [0, 0.05) is 37.2 Å². The predicted molar refractivity (Wildman–Crippen MR) is 132 cm³/mol. The first kappa shape index (κ1) is 30.3. The average molecular weight is 526 g/mol. The van der Waals surface area contributed by atoms with E-state index in [0.717, 1.165) is 29.2 Å². The lowest BCUT2D eigenvalue weighted by atomic mass is 10.2. The standard InChI is InChI=1S/2C8H11NO3S.C7H9NO/c2*1-7(12-13(2,10)11)8-3-5-9-6-4-8;1-6(9)7-2-4-8-5-3-7/h2*3-7H,1-2H3;2-6,9H,1H3/t2*7-;6-/m100/s1. The zero-order valence-electron chi connectivity index (χ0n) is 20.2. The van der Waals surface area contributed by atoms with E-state index in [1.807, 2.05) is 0 Å². The van der Waals surface area contributed by atoms with Crippen LogP contribution in [0.4, 0.5) is 0 Å². The van der Waals surface area contributed by atoms with Gasteiger partial charge < -0.3 is 5.11 Å². The summed E-state index contributed by atoms with van der Waals surface area (Å²) in [5.74, 6) is 0. The molecule has 1 N–H and O–H groups in total. The number of pyridine rings is 3.